The van der Waals surface area contributed by atoms with Gasteiger partial charge in [0.1, 0.15) is 0 Å². The van der Waals surface area contributed by atoms with Crippen molar-refractivity contribution >= 4 is 17.6 Å². The summed E-state index contributed by atoms with van der Waals surface area (Å²) in [5.74, 6) is 0. The van der Waals surface area contributed by atoms with E-state index >= 15 is 0 Å². The second kappa shape index (κ2) is 5.53. The molecule has 1 aromatic heterocycles. The number of hydrogen-bond donors (Lipinski definition) is 1. The molecule has 0 aliphatic carbocycles. The Balaban J connectivity index is 1.99. The molecule has 0 spiro atoms. The quantitative estimate of drug-likeness (QED) is 0.507. The molecule has 0 saturated heterocycles. The minimum absolute atomic E-state index is 0.0641. The molecule has 6 nitrogen and oxygen atoms in total. The summed E-state index contributed by atoms with van der Waals surface area (Å²) in [6.07, 6.45) is 4.90. The van der Waals surface area contributed by atoms with Crippen LogP contribution in [0.25, 0.3) is 0 Å². The molecule has 1 aromatic carbocycles. The van der Waals surface area contributed by atoms with E-state index < -0.39 is 4.92 Å². The summed E-state index contributed by atoms with van der Waals surface area (Å²) < 4.78 is 0. The third kappa shape index (κ3) is 3.11. The van der Waals surface area contributed by atoms with E-state index in [0.29, 0.717) is 0 Å². The Hall–Kier alpha value is -2.76. The van der Waals surface area contributed by atoms with Crippen molar-refractivity contribution < 1.29 is 4.92 Å². The third-order valence-electron chi connectivity index (χ3n) is 2.19. The lowest BCUT2D eigenvalue weighted by atomic mass is 10.2. The third-order valence-corrected chi connectivity index (χ3v) is 2.19. The number of nitro benzene ring substituents is 1. The molecule has 0 bridgehead atoms. The summed E-state index contributed by atoms with van der Waals surface area (Å²) in [5, 5.41) is 14.5. The summed E-state index contributed by atoms with van der Waals surface area (Å²) in [5.41, 5.74) is 4.49. The molecule has 0 amide bonds. The van der Waals surface area contributed by atoms with Gasteiger partial charge < -0.3 is 0 Å². The number of nitrogens with zero attached hydrogens (tertiary/aromatic N) is 3. The van der Waals surface area contributed by atoms with Crippen LogP contribution < -0.4 is 5.43 Å². The van der Waals surface area contributed by atoms with Crippen LogP contribution in [0.1, 0.15) is 5.56 Å². The molecular formula is C12H10N4O2. The Kier molecular flexibility index (Phi) is 3.60. The van der Waals surface area contributed by atoms with E-state index in [1.165, 1.54) is 12.1 Å². The van der Waals surface area contributed by atoms with Crippen LogP contribution in [0.4, 0.5) is 11.4 Å². The smallest absolute Gasteiger partial charge is 0.269 e. The van der Waals surface area contributed by atoms with Crippen molar-refractivity contribution in [3.05, 3.63) is 64.5 Å². The van der Waals surface area contributed by atoms with Crippen molar-refractivity contribution in [2.24, 2.45) is 5.10 Å². The van der Waals surface area contributed by atoms with Crippen LogP contribution >= 0.6 is 0 Å². The molecule has 1 N–H and O–H groups in total. The summed E-state index contributed by atoms with van der Waals surface area (Å²) >= 11 is 0. The highest BCUT2D eigenvalue weighted by Crippen LogP contribution is 2.10. The average molecular weight is 242 g/mol. The van der Waals surface area contributed by atoms with E-state index in [9.17, 15) is 10.1 Å². The van der Waals surface area contributed by atoms with Gasteiger partial charge in [0.05, 0.1) is 16.8 Å². The summed E-state index contributed by atoms with van der Waals surface area (Å²) in [6, 6.07) is 9.72. The number of non-ortho nitro benzene ring substituents is 1. The largest absolute Gasteiger partial charge is 0.278 e. The van der Waals surface area contributed by atoms with Gasteiger partial charge >= 0.3 is 0 Å². The predicted molar refractivity (Wildman–Crippen MR) is 68.6 cm³/mol. The molecule has 18 heavy (non-hydrogen) atoms. The standard InChI is InChI=1S/C12H10N4O2/c17-16(18)12-3-1-10(2-4-12)9-14-15-11-5-7-13-8-6-11/h1-9H,(H,13,15)/b14-9-. The fourth-order valence-electron chi connectivity index (χ4n) is 1.29. The predicted octanol–water partition coefficient (Wildman–Crippen LogP) is 2.44. The van der Waals surface area contributed by atoms with Crippen molar-refractivity contribution in [3.8, 4) is 0 Å². The van der Waals surface area contributed by atoms with Gasteiger partial charge in [-0.3, -0.25) is 20.5 Å². The second-order valence-corrected chi connectivity index (χ2v) is 3.45. The Morgan fingerprint density at radius 3 is 2.44 bits per heavy atom. The normalized spacial score (nSPS) is 10.4. The van der Waals surface area contributed by atoms with Crippen molar-refractivity contribution in [1.82, 2.24) is 4.98 Å². The van der Waals surface area contributed by atoms with E-state index in [1.54, 1.807) is 42.9 Å². The van der Waals surface area contributed by atoms with E-state index in [0.717, 1.165) is 11.3 Å². The molecule has 0 aliphatic heterocycles. The average Bonchev–Trinajstić information content (AvgIpc) is 2.40. The Bertz CT molecular complexity index is 552. The van der Waals surface area contributed by atoms with Gasteiger partial charge in [-0.05, 0) is 29.8 Å². The zero-order chi connectivity index (χ0) is 12.8. The first-order chi connectivity index (χ1) is 8.75. The van der Waals surface area contributed by atoms with Crippen molar-refractivity contribution in [1.29, 1.82) is 0 Å². The van der Waals surface area contributed by atoms with Crippen LogP contribution in [-0.4, -0.2) is 16.1 Å². The first kappa shape index (κ1) is 11.7. The molecule has 2 aromatic rings. The van der Waals surface area contributed by atoms with Gasteiger partial charge in [-0.25, -0.2) is 0 Å². The zero-order valence-electron chi connectivity index (χ0n) is 9.35. The van der Waals surface area contributed by atoms with Crippen LogP contribution in [0.15, 0.2) is 53.9 Å². The second-order valence-electron chi connectivity index (χ2n) is 3.45. The number of hydrazone groups is 1. The highest BCUT2D eigenvalue weighted by molar-refractivity contribution is 5.80. The molecule has 0 radical (unpaired) electrons. The SMILES string of the molecule is O=[N+]([O-])c1ccc(/C=N\Nc2ccncc2)cc1. The van der Waals surface area contributed by atoms with Crippen LogP contribution in [0, 0.1) is 10.1 Å². The maximum Gasteiger partial charge on any atom is 0.269 e. The van der Waals surface area contributed by atoms with Crippen LogP contribution in [-0.2, 0) is 0 Å². The molecular weight excluding hydrogens is 232 g/mol. The van der Waals surface area contributed by atoms with Gasteiger partial charge in [-0.1, -0.05) is 0 Å². The van der Waals surface area contributed by atoms with Gasteiger partial charge in [0.2, 0.25) is 0 Å². The number of rotatable bonds is 4. The van der Waals surface area contributed by atoms with Crippen molar-refractivity contribution in [3.63, 3.8) is 0 Å². The maximum atomic E-state index is 10.5. The lowest BCUT2D eigenvalue weighted by Gasteiger charge is -1.98. The number of pyridine rings is 1. The number of hydrogen-bond acceptors (Lipinski definition) is 5. The van der Waals surface area contributed by atoms with Gasteiger partial charge in [0, 0.05) is 24.5 Å². The topological polar surface area (TPSA) is 80.4 Å². The minimum Gasteiger partial charge on any atom is -0.278 e. The van der Waals surface area contributed by atoms with Crippen LogP contribution in [0.5, 0.6) is 0 Å². The summed E-state index contributed by atoms with van der Waals surface area (Å²) in [4.78, 5) is 13.9. The Morgan fingerprint density at radius 1 is 1.17 bits per heavy atom. The summed E-state index contributed by atoms with van der Waals surface area (Å²) in [6.45, 7) is 0. The van der Waals surface area contributed by atoms with E-state index in [-0.39, 0.29) is 5.69 Å². The number of benzene rings is 1. The molecule has 0 fully saturated rings. The lowest BCUT2D eigenvalue weighted by Crippen LogP contribution is -1.91. The van der Waals surface area contributed by atoms with Gasteiger partial charge in [0.15, 0.2) is 0 Å². The van der Waals surface area contributed by atoms with Gasteiger partial charge in [0.25, 0.3) is 5.69 Å². The molecule has 90 valence electrons. The fourth-order valence-corrected chi connectivity index (χ4v) is 1.29. The number of anilines is 1. The molecule has 6 heteroatoms. The highest BCUT2D eigenvalue weighted by Gasteiger charge is 2.02. The van der Waals surface area contributed by atoms with Gasteiger partial charge in [-0.2, -0.15) is 5.10 Å². The fraction of sp³-hybridized carbons (Fsp3) is 0. The zero-order valence-corrected chi connectivity index (χ0v) is 9.35. The summed E-state index contributed by atoms with van der Waals surface area (Å²) in [7, 11) is 0. The first-order valence-electron chi connectivity index (χ1n) is 5.19. The highest BCUT2D eigenvalue weighted by atomic mass is 16.6. The lowest BCUT2D eigenvalue weighted by molar-refractivity contribution is -0.384. The molecule has 2 rings (SSSR count). The van der Waals surface area contributed by atoms with Gasteiger partial charge in [-0.15, -0.1) is 0 Å². The molecule has 1 heterocycles. The maximum absolute atomic E-state index is 10.5. The van der Waals surface area contributed by atoms with Crippen molar-refractivity contribution in [2.75, 3.05) is 5.43 Å². The van der Waals surface area contributed by atoms with E-state index in [2.05, 4.69) is 15.5 Å². The molecule has 0 unspecified atom stereocenters. The number of nitrogens with one attached hydrogen (secondary N) is 1. The molecule has 0 saturated carbocycles. The number of nitro groups is 1. The molecule has 0 atom stereocenters. The first-order valence-corrected chi connectivity index (χ1v) is 5.19. The minimum atomic E-state index is -0.434. The molecule has 0 aliphatic rings. The van der Waals surface area contributed by atoms with E-state index in [4.69, 9.17) is 0 Å². The van der Waals surface area contributed by atoms with E-state index in [1.807, 2.05) is 0 Å². The van der Waals surface area contributed by atoms with Crippen LogP contribution in [0.3, 0.4) is 0 Å². The van der Waals surface area contributed by atoms with Crippen molar-refractivity contribution in [2.45, 2.75) is 0 Å². The Labute approximate surface area is 103 Å². The Morgan fingerprint density at radius 2 is 1.83 bits per heavy atom. The monoisotopic (exact) mass is 242 g/mol. The van der Waals surface area contributed by atoms with Crippen LogP contribution in [0.2, 0.25) is 0 Å². The number of aromatic nitrogens is 1.